The zero-order valence-electron chi connectivity index (χ0n) is 13.9. The second-order valence-electron chi connectivity index (χ2n) is 8.00. The molecule has 2 unspecified atom stereocenters. The molecule has 0 spiro atoms. The van der Waals surface area contributed by atoms with Crippen LogP contribution in [-0.4, -0.2) is 31.5 Å². The molecule has 4 heteroatoms. The third-order valence-corrected chi connectivity index (χ3v) is 6.31. The van der Waals surface area contributed by atoms with Gasteiger partial charge in [0.25, 0.3) is 0 Å². The predicted octanol–water partition coefficient (Wildman–Crippen LogP) is 3.51. The van der Waals surface area contributed by atoms with Crippen molar-refractivity contribution in [1.82, 2.24) is 0 Å². The van der Waals surface area contributed by atoms with Crippen LogP contribution in [0.3, 0.4) is 0 Å². The van der Waals surface area contributed by atoms with Crippen LogP contribution in [0.4, 0.5) is 0 Å². The second-order valence-corrected chi connectivity index (χ2v) is 8.00. The summed E-state index contributed by atoms with van der Waals surface area (Å²) in [6, 6.07) is 10.8. The first-order chi connectivity index (χ1) is 10.4. The van der Waals surface area contributed by atoms with Gasteiger partial charge in [0.05, 0.1) is 17.8 Å². The monoisotopic (exact) mass is 300 g/mol. The molecule has 1 aliphatic carbocycles. The van der Waals surface area contributed by atoms with Crippen molar-refractivity contribution < 1.29 is 14.0 Å². The minimum Gasteiger partial charge on any atom is -0.403 e. The molecule has 118 valence electrons. The van der Waals surface area contributed by atoms with E-state index in [1.165, 1.54) is 5.56 Å². The molecule has 3 aliphatic rings. The Hall–Kier alpha value is -0.835. The molecule has 4 rings (SSSR count). The highest BCUT2D eigenvalue weighted by Crippen LogP contribution is 2.62. The van der Waals surface area contributed by atoms with E-state index in [1.807, 2.05) is 0 Å². The highest BCUT2D eigenvalue weighted by molar-refractivity contribution is 6.48. The van der Waals surface area contributed by atoms with E-state index >= 15 is 0 Å². The van der Waals surface area contributed by atoms with Crippen molar-refractivity contribution in [2.24, 2.45) is 11.8 Å². The molecule has 22 heavy (non-hydrogen) atoms. The van der Waals surface area contributed by atoms with Crippen LogP contribution in [0.5, 0.6) is 0 Å². The highest BCUT2D eigenvalue weighted by Gasteiger charge is 2.64. The highest BCUT2D eigenvalue weighted by atomic mass is 16.7. The van der Waals surface area contributed by atoms with Crippen molar-refractivity contribution in [2.45, 2.75) is 50.6 Å². The molecule has 2 saturated heterocycles. The molecule has 0 bridgehead atoms. The lowest BCUT2D eigenvalue weighted by Crippen LogP contribution is -2.49. The van der Waals surface area contributed by atoms with Gasteiger partial charge in [-0.2, -0.15) is 0 Å². The van der Waals surface area contributed by atoms with E-state index in [1.54, 1.807) is 0 Å². The maximum Gasteiger partial charge on any atom is 0.462 e. The summed E-state index contributed by atoms with van der Waals surface area (Å²) in [5, 5.41) is 0. The first-order valence-corrected chi connectivity index (χ1v) is 8.39. The fourth-order valence-corrected chi connectivity index (χ4v) is 4.32. The molecule has 0 amide bonds. The third kappa shape index (κ3) is 2.00. The van der Waals surface area contributed by atoms with Gasteiger partial charge in [0, 0.05) is 12.4 Å². The van der Waals surface area contributed by atoms with E-state index in [0.717, 1.165) is 13.2 Å². The van der Waals surface area contributed by atoms with Crippen LogP contribution in [-0.2, 0) is 14.0 Å². The lowest BCUT2D eigenvalue weighted by molar-refractivity contribution is 0.00578. The average molecular weight is 300 g/mol. The van der Waals surface area contributed by atoms with Crippen molar-refractivity contribution >= 4 is 7.12 Å². The van der Waals surface area contributed by atoms with Gasteiger partial charge in [-0.1, -0.05) is 30.3 Å². The zero-order valence-corrected chi connectivity index (χ0v) is 13.9. The van der Waals surface area contributed by atoms with E-state index < -0.39 is 0 Å². The number of fused-ring (bicyclic) bond motifs is 1. The van der Waals surface area contributed by atoms with Crippen molar-refractivity contribution in [1.29, 1.82) is 0 Å². The quantitative estimate of drug-likeness (QED) is 0.782. The molecular weight excluding hydrogens is 275 g/mol. The SMILES string of the molecule is CC1(C)OB(C2C(c3ccccc3)[C@@H]3COC[C@H]23)OC1(C)C. The summed E-state index contributed by atoms with van der Waals surface area (Å²) in [7, 11) is -0.127. The average Bonchev–Trinajstić information content (AvgIpc) is 2.91. The number of hydrogen-bond acceptors (Lipinski definition) is 3. The van der Waals surface area contributed by atoms with Gasteiger partial charge in [-0.05, 0) is 51.0 Å². The molecule has 0 aromatic heterocycles. The van der Waals surface area contributed by atoms with Gasteiger partial charge in [-0.3, -0.25) is 0 Å². The maximum absolute atomic E-state index is 6.35. The smallest absolute Gasteiger partial charge is 0.403 e. The topological polar surface area (TPSA) is 27.7 Å². The summed E-state index contributed by atoms with van der Waals surface area (Å²) >= 11 is 0. The molecular formula is C18H25BO3. The van der Waals surface area contributed by atoms with Gasteiger partial charge >= 0.3 is 7.12 Å². The van der Waals surface area contributed by atoms with Gasteiger partial charge in [-0.25, -0.2) is 0 Å². The van der Waals surface area contributed by atoms with Crippen molar-refractivity contribution in [3.05, 3.63) is 35.9 Å². The third-order valence-electron chi connectivity index (χ3n) is 6.31. The minimum atomic E-state index is -0.260. The van der Waals surface area contributed by atoms with E-state index in [9.17, 15) is 0 Å². The van der Waals surface area contributed by atoms with Crippen molar-refractivity contribution in [3.63, 3.8) is 0 Å². The summed E-state index contributed by atoms with van der Waals surface area (Å²) < 4.78 is 18.5. The Kier molecular flexibility index (Phi) is 3.23. The Labute approximate surface area is 133 Å². The van der Waals surface area contributed by atoms with Gasteiger partial charge in [0.2, 0.25) is 0 Å². The molecule has 2 heterocycles. The van der Waals surface area contributed by atoms with Gasteiger partial charge in [0.15, 0.2) is 0 Å². The van der Waals surface area contributed by atoms with Crippen LogP contribution in [0.1, 0.15) is 39.2 Å². The van der Waals surface area contributed by atoms with Crippen LogP contribution in [0.15, 0.2) is 30.3 Å². The first-order valence-electron chi connectivity index (χ1n) is 8.39. The molecule has 1 saturated carbocycles. The largest absolute Gasteiger partial charge is 0.462 e. The van der Waals surface area contributed by atoms with Crippen LogP contribution in [0.2, 0.25) is 5.82 Å². The Morgan fingerprint density at radius 2 is 1.50 bits per heavy atom. The predicted molar refractivity (Wildman–Crippen MR) is 86.8 cm³/mol. The fraction of sp³-hybridized carbons (Fsp3) is 0.667. The van der Waals surface area contributed by atoms with E-state index in [4.69, 9.17) is 14.0 Å². The number of rotatable bonds is 2. The Morgan fingerprint density at radius 1 is 0.909 bits per heavy atom. The lowest BCUT2D eigenvalue weighted by Gasteiger charge is -2.48. The first kappa shape index (κ1) is 14.7. The summed E-state index contributed by atoms with van der Waals surface area (Å²) in [6.07, 6.45) is 0. The molecule has 1 aromatic rings. The normalized spacial score (nSPS) is 38.6. The summed E-state index contributed by atoms with van der Waals surface area (Å²) in [5.74, 6) is 2.07. The number of benzene rings is 1. The van der Waals surface area contributed by atoms with Crippen LogP contribution in [0.25, 0.3) is 0 Å². The van der Waals surface area contributed by atoms with Crippen molar-refractivity contribution in [2.75, 3.05) is 13.2 Å². The Balaban J connectivity index is 1.63. The molecule has 3 fully saturated rings. The van der Waals surface area contributed by atoms with Crippen LogP contribution >= 0.6 is 0 Å². The van der Waals surface area contributed by atoms with E-state index in [-0.39, 0.29) is 18.3 Å². The number of hydrogen-bond donors (Lipinski definition) is 0. The Bertz CT molecular complexity index is 541. The minimum absolute atomic E-state index is 0.127. The molecule has 0 radical (unpaired) electrons. The number of ether oxygens (including phenoxy) is 1. The van der Waals surface area contributed by atoms with Crippen LogP contribution in [0, 0.1) is 11.8 Å². The molecule has 3 nitrogen and oxygen atoms in total. The maximum atomic E-state index is 6.35. The summed E-state index contributed by atoms with van der Waals surface area (Å²) in [5.41, 5.74) is 0.876. The van der Waals surface area contributed by atoms with Gasteiger partial charge in [-0.15, -0.1) is 0 Å². The van der Waals surface area contributed by atoms with Crippen molar-refractivity contribution in [3.8, 4) is 0 Å². The summed E-state index contributed by atoms with van der Waals surface area (Å²) in [4.78, 5) is 0. The van der Waals surface area contributed by atoms with Gasteiger partial charge in [0.1, 0.15) is 0 Å². The molecule has 1 aromatic carbocycles. The standard InChI is InChI=1S/C18H25BO3/c1-17(2)18(3,4)22-19(21-17)16-14-11-20-10-13(14)15(16)12-8-6-5-7-9-12/h5-9,13-16H,10-11H2,1-4H3/t13-,14+,15?,16?/m1/s1. The lowest BCUT2D eigenvalue weighted by atomic mass is 9.43. The molecule has 4 atom stereocenters. The fourth-order valence-electron chi connectivity index (χ4n) is 4.32. The van der Waals surface area contributed by atoms with Gasteiger partial charge < -0.3 is 14.0 Å². The van der Waals surface area contributed by atoms with Crippen LogP contribution < -0.4 is 0 Å². The Morgan fingerprint density at radius 3 is 2.14 bits per heavy atom. The second kappa shape index (κ2) is 4.83. The zero-order chi connectivity index (χ0) is 15.5. The van der Waals surface area contributed by atoms with E-state index in [0.29, 0.717) is 23.6 Å². The molecule has 2 aliphatic heterocycles. The summed E-state index contributed by atoms with van der Waals surface area (Å²) in [6.45, 7) is 10.2. The van der Waals surface area contributed by atoms with E-state index in [2.05, 4.69) is 58.0 Å². The molecule has 0 N–H and O–H groups in total.